The molecule has 0 atom stereocenters. The van der Waals surface area contributed by atoms with E-state index in [-0.39, 0.29) is 0 Å². The van der Waals surface area contributed by atoms with E-state index in [0.717, 1.165) is 32.6 Å². The topological polar surface area (TPSA) is 41.6 Å². The molecule has 0 radical (unpaired) electrons. The number of hydrogen-bond donors (Lipinski definition) is 1. The zero-order chi connectivity index (χ0) is 14.5. The lowest BCUT2D eigenvalue weighted by molar-refractivity contribution is 0.457. The lowest BCUT2D eigenvalue weighted by atomic mass is 10.1. The Morgan fingerprint density at radius 2 is 1.85 bits per heavy atom. The average molecular weight is 279 g/mol. The molecular weight excluding hydrogens is 246 g/mol. The van der Waals surface area contributed by atoms with Crippen molar-refractivity contribution in [1.29, 1.82) is 0 Å². The lowest BCUT2D eigenvalue weighted by Crippen LogP contribution is -2.32. The fourth-order valence-corrected chi connectivity index (χ4v) is 2.63. The van der Waals surface area contributed by atoms with Gasteiger partial charge >= 0.3 is 0 Å². The highest BCUT2D eigenvalue weighted by molar-refractivity contribution is 5.83. The van der Waals surface area contributed by atoms with Gasteiger partial charge in [0.1, 0.15) is 0 Å². The highest BCUT2D eigenvalue weighted by Gasteiger charge is 2.14. The minimum absolute atomic E-state index is 0.736. The third-order valence-electron chi connectivity index (χ3n) is 3.84. The summed E-state index contributed by atoms with van der Waals surface area (Å²) in [6.07, 6.45) is 16.3. The van der Waals surface area contributed by atoms with Gasteiger partial charge in [-0.15, -0.1) is 0 Å². The van der Waals surface area contributed by atoms with Crippen LogP contribution in [0.5, 0.6) is 0 Å². The molecule has 0 bridgehead atoms. The summed E-state index contributed by atoms with van der Waals surface area (Å²) in [4.78, 5) is 6.93. The maximum absolute atomic E-state index is 5.62. The molecule has 3 heteroatoms. The summed E-state index contributed by atoms with van der Waals surface area (Å²) < 4.78 is 0. The summed E-state index contributed by atoms with van der Waals surface area (Å²) in [6, 6.07) is 0. The Kier molecular flexibility index (Phi) is 10.3. The van der Waals surface area contributed by atoms with Gasteiger partial charge in [0.25, 0.3) is 0 Å². The zero-order valence-electron chi connectivity index (χ0n) is 13.3. The number of unbranched alkanes of at least 4 members (excludes halogenated alkanes) is 6. The van der Waals surface area contributed by atoms with Gasteiger partial charge in [0, 0.05) is 26.1 Å². The standard InChI is InChI=1S/C17H33N3/c1-2-3-4-5-6-7-8-9-10-11-12-17-19-14-16-20(17)15-13-18/h7-8H,2-6,9-16,18H2,1H3/b8-7+. The number of nitrogens with zero attached hydrogens (tertiary/aromatic N) is 2. The second-order valence-electron chi connectivity index (χ2n) is 5.64. The fraction of sp³-hybridized carbons (Fsp3) is 0.824. The first-order valence-electron chi connectivity index (χ1n) is 8.51. The smallest absolute Gasteiger partial charge is 0.0990 e. The monoisotopic (exact) mass is 279 g/mol. The van der Waals surface area contributed by atoms with Gasteiger partial charge in [-0.25, -0.2) is 0 Å². The molecule has 0 aromatic rings. The predicted molar refractivity (Wildman–Crippen MR) is 89.3 cm³/mol. The number of amidine groups is 1. The Morgan fingerprint density at radius 3 is 2.55 bits per heavy atom. The van der Waals surface area contributed by atoms with Crippen molar-refractivity contribution in [2.24, 2.45) is 10.7 Å². The quantitative estimate of drug-likeness (QED) is 0.437. The molecule has 0 aromatic carbocycles. The van der Waals surface area contributed by atoms with E-state index in [1.165, 1.54) is 57.2 Å². The molecule has 0 saturated carbocycles. The Hall–Kier alpha value is -0.830. The first-order valence-corrected chi connectivity index (χ1v) is 8.51. The van der Waals surface area contributed by atoms with Crippen LogP contribution in [0.2, 0.25) is 0 Å². The summed E-state index contributed by atoms with van der Waals surface area (Å²) in [5, 5.41) is 0. The van der Waals surface area contributed by atoms with Gasteiger partial charge in [0.15, 0.2) is 0 Å². The highest BCUT2D eigenvalue weighted by atomic mass is 15.2. The maximum atomic E-state index is 5.62. The van der Waals surface area contributed by atoms with Crippen LogP contribution in [0.4, 0.5) is 0 Å². The summed E-state index contributed by atoms with van der Waals surface area (Å²) in [5.41, 5.74) is 5.62. The number of allylic oxidation sites excluding steroid dienone is 2. The first kappa shape index (κ1) is 17.2. The molecule has 0 saturated heterocycles. The third kappa shape index (κ3) is 7.68. The van der Waals surface area contributed by atoms with Gasteiger partial charge in [-0.05, 0) is 32.1 Å². The highest BCUT2D eigenvalue weighted by Crippen LogP contribution is 2.10. The molecule has 0 unspecified atom stereocenters. The van der Waals surface area contributed by atoms with Gasteiger partial charge in [0.05, 0.1) is 12.4 Å². The van der Waals surface area contributed by atoms with E-state index in [9.17, 15) is 0 Å². The molecule has 3 nitrogen and oxygen atoms in total. The molecule has 116 valence electrons. The van der Waals surface area contributed by atoms with Crippen molar-refractivity contribution in [3.05, 3.63) is 12.2 Å². The van der Waals surface area contributed by atoms with Crippen molar-refractivity contribution in [3.8, 4) is 0 Å². The van der Waals surface area contributed by atoms with Crippen molar-refractivity contribution in [2.75, 3.05) is 26.2 Å². The van der Waals surface area contributed by atoms with E-state index < -0.39 is 0 Å². The molecule has 1 aliphatic heterocycles. The van der Waals surface area contributed by atoms with Crippen LogP contribution < -0.4 is 5.73 Å². The van der Waals surface area contributed by atoms with Crippen LogP contribution in [0.25, 0.3) is 0 Å². The Morgan fingerprint density at radius 1 is 1.10 bits per heavy atom. The van der Waals surface area contributed by atoms with E-state index in [1.54, 1.807) is 0 Å². The van der Waals surface area contributed by atoms with Crippen LogP contribution in [0.1, 0.15) is 64.7 Å². The van der Waals surface area contributed by atoms with Crippen LogP contribution >= 0.6 is 0 Å². The second-order valence-corrected chi connectivity index (χ2v) is 5.64. The van der Waals surface area contributed by atoms with E-state index in [2.05, 4.69) is 29.0 Å². The van der Waals surface area contributed by atoms with Crippen LogP contribution in [-0.4, -0.2) is 36.9 Å². The molecule has 20 heavy (non-hydrogen) atoms. The number of hydrogen-bond acceptors (Lipinski definition) is 3. The van der Waals surface area contributed by atoms with Crippen LogP contribution in [-0.2, 0) is 0 Å². The van der Waals surface area contributed by atoms with Crippen molar-refractivity contribution < 1.29 is 0 Å². The zero-order valence-corrected chi connectivity index (χ0v) is 13.3. The third-order valence-corrected chi connectivity index (χ3v) is 3.84. The molecule has 0 fully saturated rings. The Labute approximate surface area is 125 Å². The maximum Gasteiger partial charge on any atom is 0.0990 e. The fourth-order valence-electron chi connectivity index (χ4n) is 2.63. The van der Waals surface area contributed by atoms with Gasteiger partial charge in [-0.2, -0.15) is 0 Å². The summed E-state index contributed by atoms with van der Waals surface area (Å²) in [7, 11) is 0. The summed E-state index contributed by atoms with van der Waals surface area (Å²) in [5.74, 6) is 1.29. The van der Waals surface area contributed by atoms with Gasteiger partial charge in [-0.3, -0.25) is 4.99 Å². The van der Waals surface area contributed by atoms with Crippen molar-refractivity contribution in [2.45, 2.75) is 64.7 Å². The minimum atomic E-state index is 0.736. The minimum Gasteiger partial charge on any atom is -0.357 e. The number of nitrogens with two attached hydrogens (primary N) is 1. The molecule has 1 aliphatic rings. The van der Waals surface area contributed by atoms with E-state index in [4.69, 9.17) is 5.73 Å². The van der Waals surface area contributed by atoms with Gasteiger partial charge < -0.3 is 10.6 Å². The molecule has 0 spiro atoms. The van der Waals surface area contributed by atoms with Crippen molar-refractivity contribution in [3.63, 3.8) is 0 Å². The first-order chi connectivity index (χ1) is 9.88. The summed E-state index contributed by atoms with van der Waals surface area (Å²) in [6.45, 7) is 6.01. The van der Waals surface area contributed by atoms with Crippen LogP contribution in [0.15, 0.2) is 17.1 Å². The number of aliphatic imine (C=N–C) groups is 1. The lowest BCUT2D eigenvalue weighted by Gasteiger charge is -2.19. The van der Waals surface area contributed by atoms with Crippen molar-refractivity contribution in [1.82, 2.24) is 4.90 Å². The van der Waals surface area contributed by atoms with E-state index >= 15 is 0 Å². The van der Waals surface area contributed by atoms with E-state index in [1.807, 2.05) is 0 Å². The normalized spacial score (nSPS) is 15.3. The largest absolute Gasteiger partial charge is 0.357 e. The molecule has 0 aliphatic carbocycles. The molecular formula is C17H33N3. The number of rotatable bonds is 12. The van der Waals surface area contributed by atoms with Crippen LogP contribution in [0, 0.1) is 0 Å². The van der Waals surface area contributed by atoms with E-state index in [0.29, 0.717) is 0 Å². The molecule has 0 amide bonds. The summed E-state index contributed by atoms with van der Waals surface area (Å²) >= 11 is 0. The van der Waals surface area contributed by atoms with Gasteiger partial charge in [0.2, 0.25) is 0 Å². The predicted octanol–water partition coefficient (Wildman–Crippen LogP) is 3.75. The average Bonchev–Trinajstić information content (AvgIpc) is 2.89. The second kappa shape index (κ2) is 12.0. The van der Waals surface area contributed by atoms with Crippen molar-refractivity contribution >= 4 is 5.84 Å². The molecule has 1 rings (SSSR count). The SMILES string of the molecule is CCCCCC/C=C/CCCCC1=NCCN1CCN. The van der Waals surface area contributed by atoms with Gasteiger partial charge in [-0.1, -0.05) is 38.3 Å². The molecule has 1 heterocycles. The molecule has 2 N–H and O–H groups in total. The Balaban J connectivity index is 1.95. The molecule has 0 aromatic heterocycles. The Bertz CT molecular complexity index is 284. The van der Waals surface area contributed by atoms with Crippen LogP contribution in [0.3, 0.4) is 0 Å².